The second-order valence-electron chi connectivity index (χ2n) is 2.19. The van der Waals surface area contributed by atoms with E-state index in [0.29, 0.717) is 0 Å². The molecule has 0 radical (unpaired) electrons. The minimum absolute atomic E-state index is 0.722. The summed E-state index contributed by atoms with van der Waals surface area (Å²) < 4.78 is 0. The maximum absolute atomic E-state index is 10.1. The van der Waals surface area contributed by atoms with Crippen LogP contribution in [0.5, 0.6) is 0 Å². The van der Waals surface area contributed by atoms with Crippen LogP contribution >= 0.6 is 11.3 Å². The number of carboxylic acids is 1. The van der Waals surface area contributed by atoms with E-state index < -0.39 is 5.97 Å². The lowest BCUT2D eigenvalue weighted by Crippen LogP contribution is -1.85. The number of hydrogen-bond donors (Lipinski definition) is 1. The first-order valence-electron chi connectivity index (χ1n) is 3.57. The number of carbonyl (C=O) groups is 1. The van der Waals surface area contributed by atoms with Crippen LogP contribution in [0.15, 0.2) is 11.5 Å². The maximum Gasteiger partial charge on any atom is 0.328 e. The number of aryl methyl sites for hydroxylation is 1. The van der Waals surface area contributed by atoms with Gasteiger partial charge in [0.05, 0.1) is 10.7 Å². The van der Waals surface area contributed by atoms with E-state index in [-0.39, 0.29) is 0 Å². The third kappa shape index (κ3) is 2.47. The lowest BCUT2D eigenvalue weighted by atomic mass is 10.4. The predicted octanol–water partition coefficient (Wildman–Crippen LogP) is 1.80. The Kier molecular flexibility index (Phi) is 2.99. The largest absolute Gasteiger partial charge is 0.478 e. The van der Waals surface area contributed by atoms with Crippen LogP contribution in [0.3, 0.4) is 0 Å². The Bertz CT molecular complexity index is 304. The van der Waals surface area contributed by atoms with Crippen LogP contribution < -0.4 is 0 Å². The van der Waals surface area contributed by atoms with Gasteiger partial charge >= 0.3 is 5.97 Å². The van der Waals surface area contributed by atoms with Crippen molar-refractivity contribution in [1.29, 1.82) is 0 Å². The molecule has 1 aromatic heterocycles. The summed E-state index contributed by atoms with van der Waals surface area (Å²) in [6.07, 6.45) is 3.48. The van der Waals surface area contributed by atoms with Crippen LogP contribution in [0.2, 0.25) is 0 Å². The molecule has 0 saturated heterocycles. The van der Waals surface area contributed by atoms with Gasteiger partial charge in [-0.3, -0.25) is 0 Å². The van der Waals surface area contributed by atoms with Gasteiger partial charge in [-0.05, 0) is 12.5 Å². The Labute approximate surface area is 74.4 Å². The summed E-state index contributed by atoms with van der Waals surface area (Å²) in [6.45, 7) is 2.02. The van der Waals surface area contributed by atoms with Crippen molar-refractivity contribution in [3.63, 3.8) is 0 Å². The highest BCUT2D eigenvalue weighted by Crippen LogP contribution is 2.10. The van der Waals surface area contributed by atoms with Crippen LogP contribution in [0, 0.1) is 0 Å². The van der Waals surface area contributed by atoms with Gasteiger partial charge in [0.1, 0.15) is 0 Å². The van der Waals surface area contributed by atoms with E-state index in [1.54, 1.807) is 11.3 Å². The third-order valence-electron chi connectivity index (χ3n) is 1.27. The molecule has 64 valence electrons. The molecule has 0 amide bonds. The Morgan fingerprint density at radius 2 is 2.58 bits per heavy atom. The molecule has 1 heterocycles. The second kappa shape index (κ2) is 4.01. The average molecular weight is 183 g/mol. The minimum atomic E-state index is -0.943. The molecule has 0 aromatic carbocycles. The summed E-state index contributed by atoms with van der Waals surface area (Å²) in [5.41, 5.74) is 0.722. The molecule has 1 N–H and O–H groups in total. The molecular weight excluding hydrogens is 174 g/mol. The standard InChI is InChI=1S/C8H9NO2S/c1-2-7-9-6(5-12-7)3-4-8(10)11/h3-5H,2H2,1H3,(H,10,11)/b4-3+. The van der Waals surface area contributed by atoms with Crippen LogP contribution in [0.4, 0.5) is 0 Å². The molecule has 0 spiro atoms. The summed E-state index contributed by atoms with van der Waals surface area (Å²) in [7, 11) is 0. The van der Waals surface area contributed by atoms with Gasteiger partial charge in [-0.2, -0.15) is 0 Å². The van der Waals surface area contributed by atoms with Crippen molar-refractivity contribution in [2.45, 2.75) is 13.3 Å². The molecular formula is C8H9NO2S. The Morgan fingerprint density at radius 1 is 1.83 bits per heavy atom. The Hall–Kier alpha value is -1.16. The number of nitrogens with zero attached hydrogens (tertiary/aromatic N) is 1. The van der Waals surface area contributed by atoms with Gasteiger partial charge in [0.25, 0.3) is 0 Å². The maximum atomic E-state index is 10.1. The number of carboxylic acid groups (broad SMARTS) is 1. The first-order chi connectivity index (χ1) is 5.72. The summed E-state index contributed by atoms with van der Waals surface area (Å²) in [4.78, 5) is 14.3. The highest BCUT2D eigenvalue weighted by Gasteiger charge is 1.96. The minimum Gasteiger partial charge on any atom is -0.478 e. The van der Waals surface area contributed by atoms with Gasteiger partial charge in [-0.25, -0.2) is 9.78 Å². The first kappa shape index (κ1) is 8.93. The second-order valence-corrected chi connectivity index (χ2v) is 3.13. The number of rotatable bonds is 3. The molecule has 12 heavy (non-hydrogen) atoms. The number of hydrogen-bond acceptors (Lipinski definition) is 3. The summed E-state index contributed by atoms with van der Waals surface area (Å²) in [5.74, 6) is -0.943. The fourth-order valence-electron chi connectivity index (χ4n) is 0.721. The molecule has 0 unspecified atom stereocenters. The monoisotopic (exact) mass is 183 g/mol. The van der Waals surface area contributed by atoms with Crippen LogP contribution in [-0.4, -0.2) is 16.1 Å². The number of aromatic nitrogens is 1. The summed E-state index contributed by atoms with van der Waals surface area (Å²) in [6, 6.07) is 0. The predicted molar refractivity (Wildman–Crippen MR) is 48.2 cm³/mol. The molecule has 0 aliphatic heterocycles. The summed E-state index contributed by atoms with van der Waals surface area (Å²) in [5, 5.41) is 11.2. The molecule has 0 aliphatic carbocycles. The fraction of sp³-hybridized carbons (Fsp3) is 0.250. The van der Waals surface area contributed by atoms with Crippen molar-refractivity contribution < 1.29 is 9.90 Å². The van der Waals surface area contributed by atoms with Gasteiger partial charge in [-0.1, -0.05) is 6.92 Å². The average Bonchev–Trinajstić information content (AvgIpc) is 2.48. The zero-order valence-corrected chi connectivity index (χ0v) is 7.47. The Morgan fingerprint density at radius 3 is 3.08 bits per heavy atom. The normalized spacial score (nSPS) is 10.8. The fourth-order valence-corrected chi connectivity index (χ4v) is 1.43. The molecule has 0 saturated carbocycles. The van der Waals surface area contributed by atoms with E-state index in [4.69, 9.17) is 5.11 Å². The van der Waals surface area contributed by atoms with E-state index in [9.17, 15) is 4.79 Å². The van der Waals surface area contributed by atoms with Gasteiger partial charge in [0.2, 0.25) is 0 Å². The van der Waals surface area contributed by atoms with E-state index in [2.05, 4.69) is 4.98 Å². The molecule has 0 aliphatic rings. The smallest absolute Gasteiger partial charge is 0.328 e. The van der Waals surface area contributed by atoms with Crippen molar-refractivity contribution in [1.82, 2.24) is 4.98 Å². The van der Waals surface area contributed by atoms with Gasteiger partial charge in [0, 0.05) is 11.5 Å². The SMILES string of the molecule is CCc1nc(/C=C/C(=O)O)cs1. The molecule has 1 aromatic rings. The van der Waals surface area contributed by atoms with Crippen molar-refractivity contribution >= 4 is 23.4 Å². The molecule has 3 nitrogen and oxygen atoms in total. The van der Waals surface area contributed by atoms with Crippen molar-refractivity contribution in [2.24, 2.45) is 0 Å². The zero-order valence-electron chi connectivity index (χ0n) is 6.65. The topological polar surface area (TPSA) is 50.2 Å². The lowest BCUT2D eigenvalue weighted by Gasteiger charge is -1.82. The molecule has 4 heteroatoms. The van der Waals surface area contributed by atoms with Crippen molar-refractivity contribution in [2.75, 3.05) is 0 Å². The highest BCUT2D eigenvalue weighted by atomic mass is 32.1. The number of thiazole rings is 1. The molecule has 0 bridgehead atoms. The lowest BCUT2D eigenvalue weighted by molar-refractivity contribution is -0.131. The third-order valence-corrected chi connectivity index (χ3v) is 2.28. The highest BCUT2D eigenvalue weighted by molar-refractivity contribution is 7.09. The van der Waals surface area contributed by atoms with Crippen LogP contribution in [0.25, 0.3) is 6.08 Å². The van der Waals surface area contributed by atoms with Crippen LogP contribution in [0.1, 0.15) is 17.6 Å². The molecule has 0 atom stereocenters. The van der Waals surface area contributed by atoms with E-state index in [0.717, 1.165) is 23.2 Å². The summed E-state index contributed by atoms with van der Waals surface area (Å²) >= 11 is 1.55. The zero-order chi connectivity index (χ0) is 8.97. The van der Waals surface area contributed by atoms with Crippen molar-refractivity contribution in [3.05, 3.63) is 22.2 Å². The van der Waals surface area contributed by atoms with Gasteiger partial charge < -0.3 is 5.11 Å². The molecule has 1 rings (SSSR count). The van der Waals surface area contributed by atoms with E-state index >= 15 is 0 Å². The number of aliphatic carboxylic acids is 1. The quantitative estimate of drug-likeness (QED) is 0.727. The Balaban J connectivity index is 2.70. The van der Waals surface area contributed by atoms with E-state index in [1.807, 2.05) is 12.3 Å². The van der Waals surface area contributed by atoms with E-state index in [1.165, 1.54) is 6.08 Å². The van der Waals surface area contributed by atoms with Crippen molar-refractivity contribution in [3.8, 4) is 0 Å². The molecule has 0 fully saturated rings. The van der Waals surface area contributed by atoms with Gasteiger partial charge in [0.15, 0.2) is 0 Å². The van der Waals surface area contributed by atoms with Crippen LogP contribution in [-0.2, 0) is 11.2 Å². The van der Waals surface area contributed by atoms with Gasteiger partial charge in [-0.15, -0.1) is 11.3 Å². The first-order valence-corrected chi connectivity index (χ1v) is 4.45.